The average Bonchev–Trinajstić information content (AvgIpc) is 3.35. The minimum Gasteiger partial charge on any atom is -0.488 e. The van der Waals surface area contributed by atoms with Crippen molar-refractivity contribution in [1.82, 2.24) is 24.4 Å². The van der Waals surface area contributed by atoms with Crippen LogP contribution < -0.4 is 9.64 Å². The van der Waals surface area contributed by atoms with Gasteiger partial charge in [0.15, 0.2) is 5.65 Å². The van der Waals surface area contributed by atoms with E-state index in [0.717, 1.165) is 61.1 Å². The van der Waals surface area contributed by atoms with Gasteiger partial charge >= 0.3 is 0 Å². The van der Waals surface area contributed by atoms with Crippen LogP contribution in [0.2, 0.25) is 0 Å². The molecule has 3 aliphatic rings. The van der Waals surface area contributed by atoms with Gasteiger partial charge in [-0.05, 0) is 55.6 Å². The second kappa shape index (κ2) is 7.50. The highest BCUT2D eigenvalue weighted by molar-refractivity contribution is 5.80. The first-order chi connectivity index (χ1) is 15.1. The van der Waals surface area contributed by atoms with Crippen molar-refractivity contribution in [3.05, 3.63) is 42.2 Å². The number of benzene rings is 1. The van der Waals surface area contributed by atoms with Gasteiger partial charge in [-0.15, -0.1) is 0 Å². The number of hydrogen-bond acceptors (Lipinski definition) is 6. The molecule has 0 N–H and O–H groups in total. The summed E-state index contributed by atoms with van der Waals surface area (Å²) in [6.07, 6.45) is 6.71. The van der Waals surface area contributed by atoms with E-state index in [4.69, 9.17) is 9.72 Å². The third kappa shape index (κ3) is 3.46. The first-order valence-corrected chi connectivity index (χ1v) is 11.4. The minimum absolute atomic E-state index is 0.176. The van der Waals surface area contributed by atoms with Crippen molar-refractivity contribution in [1.29, 1.82) is 0 Å². The van der Waals surface area contributed by atoms with Gasteiger partial charge in [0.2, 0.25) is 0 Å². The summed E-state index contributed by atoms with van der Waals surface area (Å²) in [6.45, 7) is 8.40. The summed E-state index contributed by atoms with van der Waals surface area (Å²) in [5, 5.41) is 4.55. The van der Waals surface area contributed by atoms with Crippen LogP contribution >= 0.6 is 0 Å². The summed E-state index contributed by atoms with van der Waals surface area (Å²) in [4.78, 5) is 12.5. The molecule has 2 saturated heterocycles. The summed E-state index contributed by atoms with van der Waals surface area (Å²) in [7, 11) is 2.14. The van der Waals surface area contributed by atoms with E-state index >= 15 is 0 Å². The lowest BCUT2D eigenvalue weighted by Gasteiger charge is -2.28. The fraction of sp³-hybridized carbons (Fsp3) is 0.500. The molecule has 7 heteroatoms. The number of ether oxygens (including phenoxy) is 1. The zero-order valence-corrected chi connectivity index (χ0v) is 18.4. The fourth-order valence-corrected chi connectivity index (χ4v) is 5.40. The number of aryl methyl sites for hydroxylation is 1. The highest BCUT2D eigenvalue weighted by atomic mass is 16.5. The molecule has 3 aromatic rings. The molecule has 6 rings (SSSR count). The van der Waals surface area contributed by atoms with Crippen molar-refractivity contribution in [3.63, 3.8) is 0 Å². The third-order valence-electron chi connectivity index (χ3n) is 7.17. The molecule has 1 aromatic carbocycles. The highest BCUT2D eigenvalue weighted by Crippen LogP contribution is 2.32. The Kier molecular flexibility index (Phi) is 4.61. The number of rotatable bonds is 0. The smallest absolute Gasteiger partial charge is 0.165 e. The largest absolute Gasteiger partial charge is 0.488 e. The van der Waals surface area contributed by atoms with E-state index in [0.29, 0.717) is 6.04 Å². The van der Waals surface area contributed by atoms with Crippen molar-refractivity contribution in [2.24, 2.45) is 0 Å². The molecule has 1 unspecified atom stereocenters. The molecule has 3 atom stereocenters. The second-order valence-electron chi connectivity index (χ2n) is 9.30. The Morgan fingerprint density at radius 2 is 1.97 bits per heavy atom. The maximum Gasteiger partial charge on any atom is 0.165 e. The Morgan fingerprint density at radius 1 is 1.03 bits per heavy atom. The van der Waals surface area contributed by atoms with Crippen LogP contribution in [-0.2, 0) is 0 Å². The SMILES string of the molecule is Cc1ccc2cc1-c1cnn3ccc(nc13)N(C)CCN1C[C@@H](CN3CCC[C@H]3C1)O2. The number of anilines is 1. The van der Waals surface area contributed by atoms with Gasteiger partial charge in [-0.25, -0.2) is 9.50 Å². The molecular formula is C24H30N6O. The van der Waals surface area contributed by atoms with E-state index in [-0.39, 0.29) is 6.10 Å². The summed E-state index contributed by atoms with van der Waals surface area (Å²) >= 11 is 0. The Bertz CT molecular complexity index is 1110. The molecule has 5 heterocycles. The van der Waals surface area contributed by atoms with Crippen LogP contribution in [0.1, 0.15) is 18.4 Å². The first-order valence-electron chi connectivity index (χ1n) is 11.4. The number of nitrogens with zero attached hydrogens (tertiary/aromatic N) is 6. The second-order valence-corrected chi connectivity index (χ2v) is 9.30. The monoisotopic (exact) mass is 418 g/mol. The molecule has 7 nitrogen and oxygen atoms in total. The quantitative estimate of drug-likeness (QED) is 0.560. The molecule has 0 aliphatic carbocycles. The van der Waals surface area contributed by atoms with Crippen molar-refractivity contribution in [3.8, 4) is 16.9 Å². The predicted octanol–water partition coefficient (Wildman–Crippen LogP) is 2.68. The summed E-state index contributed by atoms with van der Waals surface area (Å²) in [5.41, 5.74) is 4.29. The maximum atomic E-state index is 6.62. The van der Waals surface area contributed by atoms with Crippen molar-refractivity contribution in [2.45, 2.75) is 31.9 Å². The standard InChI is InChI=1S/C24H30N6O/c1-17-5-6-19-12-21(17)22-13-25-30-9-7-23(26-24(22)30)27(2)10-11-28-14-18-4-3-8-29(18)16-20(15-28)31-19/h5-7,9,12-13,18,20H,3-4,8,10-11,14-16H2,1-2H3/t18-,20-/m0/s1. The third-order valence-corrected chi connectivity index (χ3v) is 7.17. The normalized spacial score (nSPS) is 26.4. The molecular weight excluding hydrogens is 388 g/mol. The summed E-state index contributed by atoms with van der Waals surface area (Å²) in [5.74, 6) is 1.93. The van der Waals surface area contributed by atoms with E-state index in [9.17, 15) is 0 Å². The predicted molar refractivity (Wildman–Crippen MR) is 122 cm³/mol. The van der Waals surface area contributed by atoms with Crippen molar-refractivity contribution in [2.75, 3.05) is 51.2 Å². The molecule has 31 heavy (non-hydrogen) atoms. The Hall–Kier alpha value is -2.64. The van der Waals surface area contributed by atoms with Crippen LogP contribution in [0.3, 0.4) is 0 Å². The highest BCUT2D eigenvalue weighted by Gasteiger charge is 2.33. The molecule has 0 radical (unpaired) electrons. The lowest BCUT2D eigenvalue weighted by Crippen LogP contribution is -2.41. The van der Waals surface area contributed by atoms with Gasteiger partial charge < -0.3 is 9.64 Å². The molecule has 0 saturated carbocycles. The lowest BCUT2D eigenvalue weighted by molar-refractivity contribution is 0.132. The van der Waals surface area contributed by atoms with Crippen LogP contribution in [0.5, 0.6) is 5.75 Å². The molecule has 0 amide bonds. The van der Waals surface area contributed by atoms with Crippen molar-refractivity contribution < 1.29 is 4.74 Å². The Labute approximate surface area is 183 Å². The fourth-order valence-electron chi connectivity index (χ4n) is 5.40. The topological polar surface area (TPSA) is 49.1 Å². The molecule has 2 aromatic heterocycles. The van der Waals surface area contributed by atoms with Crippen LogP contribution in [-0.4, -0.2) is 82.9 Å². The van der Waals surface area contributed by atoms with E-state index in [1.54, 1.807) is 0 Å². The van der Waals surface area contributed by atoms with Crippen LogP contribution in [0.25, 0.3) is 16.8 Å². The van der Waals surface area contributed by atoms with Crippen molar-refractivity contribution >= 4 is 11.5 Å². The summed E-state index contributed by atoms with van der Waals surface area (Å²) < 4.78 is 8.49. The molecule has 3 aliphatic heterocycles. The van der Waals surface area contributed by atoms with Gasteiger partial charge in [-0.3, -0.25) is 9.80 Å². The average molecular weight is 419 g/mol. The Morgan fingerprint density at radius 3 is 2.90 bits per heavy atom. The summed E-state index contributed by atoms with van der Waals surface area (Å²) in [6, 6.07) is 9.16. The van der Waals surface area contributed by atoms with E-state index in [1.807, 2.05) is 16.9 Å². The lowest BCUT2D eigenvalue weighted by atomic mass is 10.0. The van der Waals surface area contributed by atoms with E-state index < -0.39 is 0 Å². The first kappa shape index (κ1) is 19.1. The number of aromatic nitrogens is 3. The van der Waals surface area contributed by atoms with Gasteiger partial charge in [-0.1, -0.05) is 6.07 Å². The molecule has 2 fully saturated rings. The number of hydrogen-bond donors (Lipinski definition) is 0. The molecule has 0 spiro atoms. The van der Waals surface area contributed by atoms with Crippen LogP contribution in [0.4, 0.5) is 5.82 Å². The van der Waals surface area contributed by atoms with Gasteiger partial charge in [0.05, 0.1) is 6.20 Å². The van der Waals surface area contributed by atoms with Gasteiger partial charge in [0, 0.05) is 57.6 Å². The number of fused-ring (bicyclic) bond motifs is 7. The van der Waals surface area contributed by atoms with E-state index in [1.165, 1.54) is 24.9 Å². The zero-order valence-electron chi connectivity index (χ0n) is 18.4. The Balaban J connectivity index is 1.46. The zero-order chi connectivity index (χ0) is 20.9. The number of likely N-dealkylation sites (N-methyl/N-ethyl adjacent to an activating group) is 1. The minimum atomic E-state index is 0.176. The maximum absolute atomic E-state index is 6.62. The molecule has 162 valence electrons. The van der Waals surface area contributed by atoms with Crippen LogP contribution in [0.15, 0.2) is 36.7 Å². The molecule has 6 bridgehead atoms. The van der Waals surface area contributed by atoms with Gasteiger partial charge in [-0.2, -0.15) is 5.10 Å². The van der Waals surface area contributed by atoms with E-state index in [2.05, 4.69) is 58.0 Å². The van der Waals surface area contributed by atoms with Gasteiger partial charge in [0.1, 0.15) is 17.7 Å². The van der Waals surface area contributed by atoms with Gasteiger partial charge in [0.25, 0.3) is 0 Å². The van der Waals surface area contributed by atoms with Crippen LogP contribution in [0, 0.1) is 6.92 Å².